The van der Waals surface area contributed by atoms with Crippen LogP contribution in [0.1, 0.15) is 69.3 Å². The highest BCUT2D eigenvalue weighted by molar-refractivity contribution is 8.76. The van der Waals surface area contributed by atoms with Gasteiger partial charge in [-0.15, -0.1) is 13.2 Å². The van der Waals surface area contributed by atoms with Gasteiger partial charge >= 0.3 is 0 Å². The Bertz CT molecular complexity index is 2670. The fourth-order valence-electron chi connectivity index (χ4n) is 7.52. The number of aliphatic imine (C=N–C) groups is 1. The molecule has 11 amide bonds. The summed E-state index contributed by atoms with van der Waals surface area (Å²) in [6, 6.07) is -9.36. The van der Waals surface area contributed by atoms with E-state index in [4.69, 9.17) is 35.5 Å². The van der Waals surface area contributed by atoms with Crippen molar-refractivity contribution in [2.24, 2.45) is 33.7 Å². The van der Waals surface area contributed by atoms with Gasteiger partial charge in [0.1, 0.15) is 48.0 Å². The summed E-state index contributed by atoms with van der Waals surface area (Å²) < 4.78 is 41.6. The van der Waals surface area contributed by atoms with Crippen molar-refractivity contribution in [3.8, 4) is 5.75 Å². The second-order valence-corrected chi connectivity index (χ2v) is 19.6. The maximum Gasteiger partial charge on any atom is 0.246 e. The fraction of sp³-hybridized carbons (Fsp3) is 0.458. The number of amides is 11. The summed E-state index contributed by atoms with van der Waals surface area (Å²) in [5.74, 6) is -11.3. The fourth-order valence-corrected chi connectivity index (χ4v) is 9.66. The van der Waals surface area contributed by atoms with Crippen LogP contribution in [-0.2, 0) is 65.6 Å². The van der Waals surface area contributed by atoms with Gasteiger partial charge in [0, 0.05) is 50.3 Å². The van der Waals surface area contributed by atoms with Gasteiger partial charge in [0.15, 0.2) is 5.96 Å². The normalized spacial score (nSPS) is 22.1. The smallest absolute Gasteiger partial charge is 0.246 e. The van der Waals surface area contributed by atoms with Crippen LogP contribution in [0.3, 0.4) is 0 Å². The maximum atomic E-state index is 14.6. The molecule has 76 heavy (non-hydrogen) atoms. The van der Waals surface area contributed by atoms with Gasteiger partial charge in [-0.1, -0.05) is 63.9 Å². The van der Waals surface area contributed by atoms with Crippen LogP contribution in [0.4, 0.5) is 0 Å². The molecule has 2 saturated heterocycles. The zero-order valence-corrected chi connectivity index (χ0v) is 43.0. The van der Waals surface area contributed by atoms with E-state index in [0.29, 0.717) is 5.56 Å². The van der Waals surface area contributed by atoms with Crippen molar-refractivity contribution in [3.63, 3.8) is 0 Å². The Morgan fingerprint density at radius 2 is 1.38 bits per heavy atom. The van der Waals surface area contributed by atoms with Crippen LogP contribution < -0.4 is 65.9 Å². The van der Waals surface area contributed by atoms with Crippen LogP contribution in [0, 0.1) is 0 Å². The molecule has 2 heterocycles. The van der Waals surface area contributed by atoms with E-state index in [-0.39, 0.29) is 74.8 Å². The first-order valence-corrected chi connectivity index (χ1v) is 26.1. The molecule has 2 fully saturated rings. The molecule has 0 spiro atoms. The van der Waals surface area contributed by atoms with Crippen LogP contribution >= 0.6 is 21.6 Å². The van der Waals surface area contributed by atoms with Gasteiger partial charge in [0.25, 0.3) is 0 Å². The molecule has 0 saturated carbocycles. The molecule has 4 rings (SSSR count). The van der Waals surface area contributed by atoms with E-state index in [2.05, 4.69) is 55.4 Å². The highest BCUT2D eigenvalue weighted by atomic mass is 33.1. The van der Waals surface area contributed by atoms with Gasteiger partial charge in [0.05, 0.1) is 19.8 Å². The first-order valence-electron chi connectivity index (χ1n) is 26.2. The lowest BCUT2D eigenvalue weighted by Gasteiger charge is -2.31. The standard InChI is InChI=1S/C46H64N14O12S2.C2H4/c47-35(62)15-14-29-40(67)58-32(22-36(48)63)43(70)59-33(45(72)60-18-5-9-34(60)44(71)56-28(8-4-17-52-46(50)51)39(66)53-23-37(49)64)24-74-73-19-16-38(65)54-30(21-26-10-12-27(61)13-11-26)41(68)57-31(42(69)55-29)20-25-6-2-1-3-7-25;1-2/h1-3,6-7,10-13,28-34,61H,4-5,8-9,14-24H2,(H2,47,62)(H2,48,63)(H2,49,64)(H,53,66)(H,54,65)(H,55,69)(H,56,71)(H,57,68)(H,58,67)(H,59,70)(H4,50,51,52);1-2H2/i1D,2D,3D,6D,7D;. The average molecular weight is 1100 g/mol. The SMILES string of the molecule is C=C.[2H]c1c([2H])c([2H])c(CC2NC(=O)C(Cc3ccc(O)cc3)NC(=O)CCSSCC(C(=O)N3CCCC3C(=O)NC(CCCN=C(N)N)C(=O)NCC(N)=O)NC(=O)C(CC(N)=O)NC(=O)C(CCC(N)=O)NC2=O)c([2H])c1[2H]. The summed E-state index contributed by atoms with van der Waals surface area (Å²) in [4.78, 5) is 154. The summed E-state index contributed by atoms with van der Waals surface area (Å²) in [6.07, 6.45) is -2.85. The van der Waals surface area contributed by atoms with Gasteiger partial charge in [-0.25, -0.2) is 0 Å². The first kappa shape index (κ1) is 54.4. The number of phenols is 1. The Balaban J connectivity index is 0.00000851. The largest absolute Gasteiger partial charge is 0.508 e. The topological polar surface area (TPSA) is 438 Å². The number of nitrogens with two attached hydrogens (primary N) is 5. The Hall–Kier alpha value is -7.88. The number of nitrogens with zero attached hydrogens (tertiary/aromatic N) is 2. The van der Waals surface area contributed by atoms with E-state index in [1.807, 2.05) is 0 Å². The molecular weight excluding hydrogens is 1030 g/mol. The number of nitrogens with one attached hydrogen (secondary N) is 7. The zero-order chi connectivity index (χ0) is 60.7. The minimum absolute atomic E-state index is 0.0174. The lowest BCUT2D eigenvalue weighted by atomic mass is 10.0. The molecule has 0 bridgehead atoms. The highest BCUT2D eigenvalue weighted by Gasteiger charge is 2.40. The molecule has 7 atom stereocenters. The molecule has 0 aromatic heterocycles. The van der Waals surface area contributed by atoms with Gasteiger partial charge in [0.2, 0.25) is 65.0 Å². The monoisotopic (exact) mass is 1100 g/mol. The number of phenolic OH excluding ortho intramolecular Hbond substituents is 1. The highest BCUT2D eigenvalue weighted by Crippen LogP contribution is 2.26. The second kappa shape index (κ2) is 32.4. The minimum atomic E-state index is -1.90. The molecule has 28 heteroatoms. The number of primary amides is 3. The molecule has 2 aliphatic heterocycles. The average Bonchev–Trinajstić information content (AvgIpc) is 3.94. The quantitative estimate of drug-likeness (QED) is 0.0213. The summed E-state index contributed by atoms with van der Waals surface area (Å²) >= 11 is 0. The van der Waals surface area contributed by atoms with E-state index < -0.39 is 175 Å². The molecule has 2 aromatic carbocycles. The molecule has 26 nitrogen and oxygen atoms in total. The van der Waals surface area contributed by atoms with E-state index in [1.165, 1.54) is 24.3 Å². The predicted octanol–water partition coefficient (Wildman–Crippen LogP) is -3.54. The van der Waals surface area contributed by atoms with Crippen molar-refractivity contribution >= 4 is 92.5 Å². The molecule has 2 aromatic rings. The third-order valence-electron chi connectivity index (χ3n) is 11.2. The molecule has 7 unspecified atom stereocenters. The van der Waals surface area contributed by atoms with Crippen molar-refractivity contribution in [2.75, 3.05) is 31.1 Å². The predicted molar refractivity (Wildman–Crippen MR) is 283 cm³/mol. The van der Waals surface area contributed by atoms with Crippen LogP contribution in [0.25, 0.3) is 0 Å². The number of rotatable bonds is 19. The third kappa shape index (κ3) is 21.9. The molecule has 18 N–H and O–H groups in total. The van der Waals surface area contributed by atoms with Crippen LogP contribution in [0.5, 0.6) is 5.75 Å². The third-order valence-corrected chi connectivity index (χ3v) is 13.6. The number of guanidine groups is 1. The Morgan fingerprint density at radius 1 is 0.776 bits per heavy atom. The second-order valence-electron chi connectivity index (χ2n) is 17.0. The van der Waals surface area contributed by atoms with Crippen molar-refractivity contribution in [2.45, 2.75) is 107 Å². The van der Waals surface area contributed by atoms with Gasteiger partial charge in [-0.05, 0) is 55.4 Å². The van der Waals surface area contributed by atoms with Crippen LogP contribution in [0.15, 0.2) is 72.6 Å². The van der Waals surface area contributed by atoms with Crippen LogP contribution in [-0.4, -0.2) is 154 Å². The van der Waals surface area contributed by atoms with Gasteiger partial charge in [-0.3, -0.25) is 57.7 Å². The number of hydrogen-bond acceptors (Lipinski definition) is 15. The number of likely N-dealkylation sites (tertiary alicyclic amines) is 1. The summed E-state index contributed by atoms with van der Waals surface area (Å²) in [5, 5.41) is 27.1. The first-order chi connectivity index (χ1) is 38.3. The van der Waals surface area contributed by atoms with E-state index in [9.17, 15) is 57.8 Å². The Kier molecular flexibility index (Phi) is 23.2. The van der Waals surface area contributed by atoms with Crippen molar-refractivity contribution in [1.29, 1.82) is 0 Å². The van der Waals surface area contributed by atoms with Crippen LogP contribution in [0.2, 0.25) is 0 Å². The van der Waals surface area contributed by atoms with Gasteiger partial charge in [-0.2, -0.15) is 0 Å². The zero-order valence-electron chi connectivity index (χ0n) is 46.4. The number of benzene rings is 2. The maximum absolute atomic E-state index is 14.6. The number of hydrogen-bond donors (Lipinski definition) is 13. The molecule has 414 valence electrons. The van der Waals surface area contributed by atoms with E-state index in [1.54, 1.807) is 0 Å². The van der Waals surface area contributed by atoms with Crippen molar-refractivity contribution in [1.82, 2.24) is 42.1 Å². The number of carbonyl (C=O) groups is 11. The van der Waals surface area contributed by atoms with E-state index in [0.717, 1.165) is 26.5 Å². The summed E-state index contributed by atoms with van der Waals surface area (Å²) in [6.45, 7) is 5.49. The molecule has 2 aliphatic rings. The van der Waals surface area contributed by atoms with Gasteiger partial charge < -0.3 is 75.9 Å². The molecule has 0 radical (unpaired) electrons. The Morgan fingerprint density at radius 3 is 2.01 bits per heavy atom. The van der Waals surface area contributed by atoms with Crippen molar-refractivity contribution < 1.29 is 64.7 Å². The molecule has 0 aliphatic carbocycles. The minimum Gasteiger partial charge on any atom is -0.508 e. The lowest BCUT2D eigenvalue weighted by Crippen LogP contribution is -2.61. The van der Waals surface area contributed by atoms with Crippen molar-refractivity contribution in [3.05, 3.63) is 78.8 Å². The molecular formula is C48H68N14O12S2. The lowest BCUT2D eigenvalue weighted by molar-refractivity contribution is -0.142. The summed E-state index contributed by atoms with van der Waals surface area (Å²) in [5.41, 5.74) is 26.9. The van der Waals surface area contributed by atoms with E-state index >= 15 is 0 Å². The number of carbonyl (C=O) groups excluding carboxylic acids is 11. The Labute approximate surface area is 453 Å². The number of aromatic hydroxyl groups is 1. The summed E-state index contributed by atoms with van der Waals surface area (Å²) in [7, 11) is 2.05.